The maximum atomic E-state index is 12.1. The maximum Gasteiger partial charge on any atom is 0.317 e. The Hall–Kier alpha value is -2.61. The van der Waals surface area contributed by atoms with Crippen LogP contribution in [0.5, 0.6) is 0 Å². The average Bonchev–Trinajstić information content (AvgIpc) is 2.76. The fraction of sp³-hybridized carbons (Fsp3) is 0.783. The normalized spacial score (nSPS) is 18.2. The topological polar surface area (TPSA) is 179 Å². The molecule has 1 atom stereocenters. The third-order valence-electron chi connectivity index (χ3n) is 6.02. The molecule has 1 unspecified atom stereocenters. The number of hydrogen-bond donors (Lipinski definition) is 4. The molecule has 1 rings (SSSR count). The minimum Gasteiger partial charge on any atom is -0.483 e. The van der Waals surface area contributed by atoms with Gasteiger partial charge < -0.3 is 20.4 Å². The van der Waals surface area contributed by atoms with Crippen molar-refractivity contribution in [2.24, 2.45) is 5.92 Å². The van der Waals surface area contributed by atoms with Gasteiger partial charge in [0, 0.05) is 70.7 Å². The van der Waals surface area contributed by atoms with Crippen LogP contribution in [0.1, 0.15) is 33.6 Å². The highest BCUT2D eigenvalue weighted by Gasteiger charge is 2.22. The Kier molecular flexibility index (Phi) is 17.3. The quantitative estimate of drug-likeness (QED) is 0.259. The van der Waals surface area contributed by atoms with Crippen LogP contribution in [0.2, 0.25) is 0 Å². The van der Waals surface area contributed by atoms with Crippen molar-refractivity contribution in [3.05, 3.63) is 0 Å². The van der Waals surface area contributed by atoms with E-state index in [2.05, 4.69) is 4.90 Å². The lowest BCUT2D eigenvalue weighted by atomic mass is 10.0. The standard InChI is InChI=1S/C22H40N4O7.CH2O2/c1-17(2)19(27)5-4-18(3)26-12-10-24(15-21(30)31)8-6-23(14-20(28)29)7-9-25(11-13-26)16-22(32)33;2-1-3/h17-18H,4-16H2,1-3H3,(H,28,29)(H,30,31)(H,32,33);1H,(H,2,3). The predicted molar refractivity (Wildman–Crippen MR) is 131 cm³/mol. The number of carboxylic acids is 3. The number of nitrogens with zero attached hydrogens (tertiary/aromatic N) is 4. The van der Waals surface area contributed by atoms with E-state index < -0.39 is 17.9 Å². The highest BCUT2D eigenvalue weighted by atomic mass is 16.4. The monoisotopic (exact) mass is 518 g/mol. The molecular formula is C23H42N4O9. The van der Waals surface area contributed by atoms with E-state index in [9.17, 15) is 34.5 Å². The van der Waals surface area contributed by atoms with Crippen molar-refractivity contribution in [3.63, 3.8) is 0 Å². The van der Waals surface area contributed by atoms with Gasteiger partial charge in [0.05, 0.1) is 19.6 Å². The van der Waals surface area contributed by atoms with Gasteiger partial charge in [-0.3, -0.25) is 43.6 Å². The molecule has 4 N–H and O–H groups in total. The van der Waals surface area contributed by atoms with Gasteiger partial charge in [0.25, 0.3) is 6.47 Å². The van der Waals surface area contributed by atoms with Gasteiger partial charge in [0.2, 0.25) is 0 Å². The molecule has 1 fully saturated rings. The van der Waals surface area contributed by atoms with E-state index in [4.69, 9.17) is 9.90 Å². The molecule has 1 heterocycles. The summed E-state index contributed by atoms with van der Waals surface area (Å²) in [4.78, 5) is 61.9. The van der Waals surface area contributed by atoms with E-state index in [0.29, 0.717) is 65.2 Å². The second kappa shape index (κ2) is 18.6. The van der Waals surface area contributed by atoms with Crippen LogP contribution in [0, 0.1) is 5.92 Å². The van der Waals surface area contributed by atoms with Crippen molar-refractivity contribution < 1.29 is 44.4 Å². The summed E-state index contributed by atoms with van der Waals surface area (Å²) in [6.07, 6.45) is 1.15. The largest absolute Gasteiger partial charge is 0.483 e. The third-order valence-corrected chi connectivity index (χ3v) is 6.02. The highest BCUT2D eigenvalue weighted by Crippen LogP contribution is 2.11. The molecule has 13 nitrogen and oxygen atoms in total. The lowest BCUT2D eigenvalue weighted by Gasteiger charge is -2.35. The Morgan fingerprint density at radius 1 is 0.694 bits per heavy atom. The zero-order valence-electron chi connectivity index (χ0n) is 21.5. The Morgan fingerprint density at radius 2 is 1.00 bits per heavy atom. The van der Waals surface area contributed by atoms with Crippen LogP contribution in [-0.2, 0) is 24.0 Å². The van der Waals surface area contributed by atoms with Crippen molar-refractivity contribution in [1.82, 2.24) is 19.6 Å². The summed E-state index contributed by atoms with van der Waals surface area (Å²) in [7, 11) is 0. The SMILES string of the molecule is CC(C)C(=O)CCC(C)N1CCN(CC(=O)O)CCN(CC(=O)O)CCN(CC(=O)O)CC1.O=CO. The molecule has 0 aromatic rings. The number of carbonyl (C=O) groups excluding carboxylic acids is 1. The number of carboxylic acid groups (broad SMARTS) is 4. The van der Waals surface area contributed by atoms with Gasteiger partial charge in [-0.15, -0.1) is 0 Å². The molecule has 1 aliphatic heterocycles. The molecule has 0 bridgehead atoms. The fourth-order valence-electron chi connectivity index (χ4n) is 3.86. The van der Waals surface area contributed by atoms with Crippen molar-refractivity contribution in [1.29, 1.82) is 0 Å². The zero-order chi connectivity index (χ0) is 27.7. The molecule has 1 saturated heterocycles. The lowest BCUT2D eigenvalue weighted by Crippen LogP contribution is -2.50. The van der Waals surface area contributed by atoms with E-state index in [1.54, 1.807) is 14.7 Å². The second-order valence-electron chi connectivity index (χ2n) is 9.16. The Morgan fingerprint density at radius 3 is 1.28 bits per heavy atom. The van der Waals surface area contributed by atoms with Crippen LogP contribution in [0.4, 0.5) is 0 Å². The van der Waals surface area contributed by atoms with E-state index in [-0.39, 0.29) is 43.8 Å². The zero-order valence-corrected chi connectivity index (χ0v) is 21.5. The number of carbonyl (C=O) groups is 5. The van der Waals surface area contributed by atoms with Crippen molar-refractivity contribution in [3.8, 4) is 0 Å². The highest BCUT2D eigenvalue weighted by molar-refractivity contribution is 5.80. The molecule has 0 amide bonds. The van der Waals surface area contributed by atoms with Gasteiger partial charge in [-0.25, -0.2) is 0 Å². The number of aliphatic carboxylic acids is 3. The first-order valence-corrected chi connectivity index (χ1v) is 12.1. The predicted octanol–water partition coefficient (Wildman–Crippen LogP) is -0.444. The fourth-order valence-corrected chi connectivity index (χ4v) is 3.86. The van der Waals surface area contributed by atoms with Crippen LogP contribution >= 0.6 is 0 Å². The molecule has 0 radical (unpaired) electrons. The summed E-state index contributed by atoms with van der Waals surface area (Å²) in [5.41, 5.74) is 0. The number of hydrogen-bond acceptors (Lipinski definition) is 9. The molecule has 13 heteroatoms. The van der Waals surface area contributed by atoms with Gasteiger partial charge >= 0.3 is 17.9 Å². The molecule has 0 spiro atoms. The van der Waals surface area contributed by atoms with Gasteiger partial charge in [0.15, 0.2) is 0 Å². The van der Waals surface area contributed by atoms with Crippen LogP contribution in [0.15, 0.2) is 0 Å². The van der Waals surface area contributed by atoms with Gasteiger partial charge in [-0.2, -0.15) is 0 Å². The third kappa shape index (κ3) is 16.1. The summed E-state index contributed by atoms with van der Waals surface area (Å²) >= 11 is 0. The summed E-state index contributed by atoms with van der Waals surface area (Å²) in [5, 5.41) is 34.7. The van der Waals surface area contributed by atoms with Crippen LogP contribution in [0.25, 0.3) is 0 Å². The summed E-state index contributed by atoms with van der Waals surface area (Å²) < 4.78 is 0. The van der Waals surface area contributed by atoms with E-state index >= 15 is 0 Å². The van der Waals surface area contributed by atoms with Crippen LogP contribution < -0.4 is 0 Å². The second-order valence-corrected chi connectivity index (χ2v) is 9.16. The molecule has 0 aromatic heterocycles. The molecule has 0 saturated carbocycles. The van der Waals surface area contributed by atoms with E-state index in [1.165, 1.54) is 0 Å². The molecule has 1 aliphatic rings. The first kappa shape index (κ1) is 33.4. The molecule has 0 aliphatic carbocycles. The summed E-state index contributed by atoms with van der Waals surface area (Å²) in [6, 6.07) is 0.0810. The Balaban J connectivity index is 0.00000387. The number of Topliss-reactive ketones (excluding diaryl/α,β-unsaturated/α-hetero) is 1. The number of rotatable bonds is 11. The van der Waals surface area contributed by atoms with Crippen LogP contribution in [0.3, 0.4) is 0 Å². The lowest BCUT2D eigenvalue weighted by molar-refractivity contribution is -0.140. The van der Waals surface area contributed by atoms with Crippen molar-refractivity contribution in [2.75, 3.05) is 72.0 Å². The number of ketones is 1. The first-order chi connectivity index (χ1) is 16.9. The minimum absolute atomic E-state index is 0.0191. The summed E-state index contributed by atoms with van der Waals surface area (Å²) in [6.45, 7) is 8.73. The summed E-state index contributed by atoms with van der Waals surface area (Å²) in [5.74, 6) is -2.68. The average molecular weight is 519 g/mol. The molecule has 36 heavy (non-hydrogen) atoms. The molecule has 0 aromatic carbocycles. The first-order valence-electron chi connectivity index (χ1n) is 12.1. The van der Waals surface area contributed by atoms with Gasteiger partial charge in [-0.1, -0.05) is 13.8 Å². The van der Waals surface area contributed by atoms with Gasteiger partial charge in [0.1, 0.15) is 5.78 Å². The Bertz CT molecular complexity index is 673. The maximum absolute atomic E-state index is 12.1. The van der Waals surface area contributed by atoms with Crippen LogP contribution in [-0.4, -0.2) is 148 Å². The molecular weight excluding hydrogens is 476 g/mol. The smallest absolute Gasteiger partial charge is 0.317 e. The molecule has 208 valence electrons. The van der Waals surface area contributed by atoms with E-state index in [1.807, 2.05) is 20.8 Å². The minimum atomic E-state index is -0.979. The van der Waals surface area contributed by atoms with Gasteiger partial charge in [-0.05, 0) is 13.3 Å². The van der Waals surface area contributed by atoms with Crippen molar-refractivity contribution >= 4 is 30.2 Å². The Labute approximate surface area is 212 Å². The van der Waals surface area contributed by atoms with Crippen molar-refractivity contribution in [2.45, 2.75) is 39.7 Å². The van der Waals surface area contributed by atoms with E-state index in [0.717, 1.165) is 0 Å².